The van der Waals surface area contributed by atoms with Gasteiger partial charge in [0.25, 0.3) is 5.91 Å². The Kier molecular flexibility index (Phi) is 10.5. The number of nitrogens with zero attached hydrogens (tertiary/aromatic N) is 2. The lowest BCUT2D eigenvalue weighted by atomic mass is 9.92. The van der Waals surface area contributed by atoms with Crippen LogP contribution in [0.2, 0.25) is 0 Å². The summed E-state index contributed by atoms with van der Waals surface area (Å²) in [6.07, 6.45) is 1.23. The number of methoxy groups -OCH3 is 2. The van der Waals surface area contributed by atoms with E-state index in [4.69, 9.17) is 18.9 Å². The number of hydrogen-bond donors (Lipinski definition) is 1. The zero-order chi connectivity index (χ0) is 28.6. The molecule has 0 spiro atoms. The number of allylic oxidation sites excluding steroid dienone is 1. The van der Waals surface area contributed by atoms with Crippen LogP contribution in [0.25, 0.3) is 0 Å². The molecule has 1 aliphatic heterocycles. The fraction of sp³-hybridized carbons (Fsp3) is 0.407. The summed E-state index contributed by atoms with van der Waals surface area (Å²) in [5, 5.41) is 9.49. The van der Waals surface area contributed by atoms with Gasteiger partial charge < -0.3 is 29.0 Å². The molecule has 1 aliphatic rings. The van der Waals surface area contributed by atoms with Crippen molar-refractivity contribution in [1.82, 2.24) is 9.21 Å². The molecule has 0 saturated carbocycles. The summed E-state index contributed by atoms with van der Waals surface area (Å²) in [5.41, 5.74) is 1.24. The zero-order valence-electron chi connectivity index (χ0n) is 22.4. The van der Waals surface area contributed by atoms with E-state index < -0.39 is 22.3 Å². The van der Waals surface area contributed by atoms with Gasteiger partial charge in [0.05, 0.1) is 37.9 Å². The number of hydrogen-bond acceptors (Lipinski definition) is 9. The molecule has 11 nitrogen and oxygen atoms in total. The molecule has 3 rings (SSSR count). The summed E-state index contributed by atoms with van der Waals surface area (Å²) < 4.78 is 49.0. The van der Waals surface area contributed by atoms with Crippen molar-refractivity contribution in [3.63, 3.8) is 0 Å². The number of carbonyl (C=O) groups is 2. The molecule has 39 heavy (non-hydrogen) atoms. The number of benzene rings is 2. The minimum Gasteiger partial charge on any atom is -0.497 e. The fourth-order valence-corrected chi connectivity index (χ4v) is 5.41. The highest BCUT2D eigenvalue weighted by Crippen LogP contribution is 2.32. The number of amides is 1. The largest absolute Gasteiger partial charge is 0.497 e. The molecule has 0 fully saturated rings. The van der Waals surface area contributed by atoms with Gasteiger partial charge in [0.15, 0.2) is 5.76 Å². The van der Waals surface area contributed by atoms with Gasteiger partial charge in [-0.1, -0.05) is 12.1 Å². The highest BCUT2D eigenvalue weighted by atomic mass is 32.2. The molecule has 0 aromatic heterocycles. The number of aliphatic hydroxyl groups excluding tert-OH is 1. The van der Waals surface area contributed by atoms with Crippen LogP contribution in [-0.2, 0) is 29.0 Å². The second-order valence-corrected chi connectivity index (χ2v) is 10.8. The molecular formula is C27H34N2O9S. The van der Waals surface area contributed by atoms with Crippen molar-refractivity contribution in [2.75, 3.05) is 54.6 Å². The predicted octanol–water partition coefficient (Wildman–Crippen LogP) is 1.98. The van der Waals surface area contributed by atoms with E-state index in [2.05, 4.69) is 0 Å². The van der Waals surface area contributed by atoms with Crippen molar-refractivity contribution in [3.05, 3.63) is 71.5 Å². The number of ether oxygens (including phenoxy) is 4. The molecule has 0 bridgehead atoms. The number of likely N-dealkylation sites (N-methyl/N-ethyl adjacent to an activating group) is 1. The maximum absolute atomic E-state index is 13.1. The molecule has 2 atom stereocenters. The van der Waals surface area contributed by atoms with E-state index in [0.29, 0.717) is 17.7 Å². The molecule has 2 aromatic rings. The van der Waals surface area contributed by atoms with Crippen LogP contribution < -0.4 is 4.74 Å². The zero-order valence-corrected chi connectivity index (χ0v) is 23.2. The van der Waals surface area contributed by atoms with Gasteiger partial charge in [-0.2, -0.15) is 4.31 Å². The second-order valence-electron chi connectivity index (χ2n) is 8.91. The topological polar surface area (TPSA) is 132 Å². The average molecular weight is 563 g/mol. The molecule has 1 amide bonds. The maximum Gasteiger partial charge on any atom is 0.337 e. The van der Waals surface area contributed by atoms with Crippen LogP contribution in [0.15, 0.2) is 65.3 Å². The van der Waals surface area contributed by atoms with Crippen molar-refractivity contribution in [2.45, 2.75) is 23.5 Å². The molecule has 2 aromatic carbocycles. The highest BCUT2D eigenvalue weighted by molar-refractivity contribution is 7.89. The average Bonchev–Trinajstić information content (AvgIpc) is 2.95. The molecule has 1 N–H and O–H groups in total. The van der Waals surface area contributed by atoms with Crippen LogP contribution in [0, 0.1) is 0 Å². The van der Waals surface area contributed by atoms with Crippen LogP contribution in [0.5, 0.6) is 5.75 Å². The molecule has 0 radical (unpaired) electrons. The quantitative estimate of drug-likeness (QED) is 0.386. The first-order valence-corrected chi connectivity index (χ1v) is 13.7. The number of rotatable bonds is 12. The minimum absolute atomic E-state index is 0.0442. The maximum atomic E-state index is 13.1. The number of esters is 1. The standard InChI is InChI=1S/C27H34N2O9S/c1-28(2)26(31)24-17-21(19-5-7-20(8-6-19)27(32)36-4)18-25(38-24)37-16-14-29(13-15-30)39(33,34)23-11-9-22(35-3)10-12-23/h5-12,17,21,25,30H,13-16,18H2,1-4H3/t21-,25+/m1/s1. The van der Waals surface area contributed by atoms with Gasteiger partial charge in [0.2, 0.25) is 16.3 Å². The van der Waals surface area contributed by atoms with Gasteiger partial charge in [-0.3, -0.25) is 4.79 Å². The minimum atomic E-state index is -3.91. The third-order valence-electron chi connectivity index (χ3n) is 6.13. The number of aliphatic hydroxyl groups is 1. The van der Waals surface area contributed by atoms with Gasteiger partial charge in [-0.25, -0.2) is 13.2 Å². The van der Waals surface area contributed by atoms with Crippen LogP contribution in [-0.4, -0.2) is 95.5 Å². The first-order valence-electron chi connectivity index (χ1n) is 12.3. The predicted molar refractivity (Wildman–Crippen MR) is 142 cm³/mol. The summed E-state index contributed by atoms with van der Waals surface area (Å²) in [5.74, 6) is -0.428. The SMILES string of the molecule is COC(=O)c1ccc([C@@H]2C=C(C(=O)N(C)C)O[C@H](OCCN(CCO)S(=O)(=O)c3ccc(OC)cc3)C2)cc1. The van der Waals surface area contributed by atoms with Crippen LogP contribution in [0.4, 0.5) is 0 Å². The smallest absolute Gasteiger partial charge is 0.337 e. The Morgan fingerprint density at radius 1 is 1.03 bits per heavy atom. The lowest BCUT2D eigenvalue weighted by Crippen LogP contribution is -2.38. The molecule has 0 unspecified atom stereocenters. The third-order valence-corrected chi connectivity index (χ3v) is 8.04. The Morgan fingerprint density at radius 2 is 1.69 bits per heavy atom. The Bertz CT molecular complexity index is 1260. The Hall–Kier alpha value is -3.45. The lowest BCUT2D eigenvalue weighted by Gasteiger charge is -2.31. The normalized spacial score (nSPS) is 17.2. The lowest BCUT2D eigenvalue weighted by molar-refractivity contribution is -0.151. The van der Waals surface area contributed by atoms with Gasteiger partial charge in [-0.05, 0) is 48.0 Å². The molecule has 1 heterocycles. The van der Waals surface area contributed by atoms with E-state index >= 15 is 0 Å². The molecular weight excluding hydrogens is 528 g/mol. The molecule has 0 saturated heterocycles. The van der Waals surface area contributed by atoms with E-state index in [0.717, 1.165) is 9.87 Å². The van der Waals surface area contributed by atoms with Gasteiger partial charge in [0.1, 0.15) is 5.75 Å². The summed E-state index contributed by atoms with van der Waals surface area (Å²) in [7, 11) is 2.10. The van der Waals surface area contributed by atoms with Gasteiger partial charge >= 0.3 is 5.97 Å². The number of sulfonamides is 1. The summed E-state index contributed by atoms with van der Waals surface area (Å²) in [6.45, 7) is -0.586. The summed E-state index contributed by atoms with van der Waals surface area (Å²) in [4.78, 5) is 25.9. The Labute approximate surface area is 228 Å². The molecule has 0 aliphatic carbocycles. The van der Waals surface area contributed by atoms with E-state index in [1.54, 1.807) is 56.6 Å². The highest BCUT2D eigenvalue weighted by Gasteiger charge is 2.30. The Morgan fingerprint density at radius 3 is 2.26 bits per heavy atom. The van der Waals surface area contributed by atoms with Crippen molar-refractivity contribution in [3.8, 4) is 5.75 Å². The van der Waals surface area contributed by atoms with Crippen molar-refractivity contribution in [1.29, 1.82) is 0 Å². The first kappa shape index (κ1) is 30.1. The number of carbonyl (C=O) groups excluding carboxylic acids is 2. The summed E-state index contributed by atoms with van der Waals surface area (Å²) >= 11 is 0. The molecule has 212 valence electrons. The van der Waals surface area contributed by atoms with Crippen LogP contribution in [0.3, 0.4) is 0 Å². The third kappa shape index (κ3) is 7.57. The van der Waals surface area contributed by atoms with Crippen molar-refractivity contribution in [2.24, 2.45) is 0 Å². The van der Waals surface area contributed by atoms with Crippen LogP contribution in [0.1, 0.15) is 28.3 Å². The van der Waals surface area contributed by atoms with E-state index in [-0.39, 0.29) is 48.8 Å². The van der Waals surface area contributed by atoms with Crippen molar-refractivity contribution < 1.29 is 42.1 Å². The van der Waals surface area contributed by atoms with Gasteiger partial charge in [-0.15, -0.1) is 0 Å². The fourth-order valence-electron chi connectivity index (χ4n) is 3.99. The van der Waals surface area contributed by atoms with E-state index in [1.807, 2.05) is 0 Å². The summed E-state index contributed by atoms with van der Waals surface area (Å²) in [6, 6.07) is 12.8. The second kappa shape index (κ2) is 13.6. The monoisotopic (exact) mass is 562 g/mol. The van der Waals surface area contributed by atoms with Crippen LogP contribution >= 0.6 is 0 Å². The van der Waals surface area contributed by atoms with E-state index in [9.17, 15) is 23.1 Å². The van der Waals surface area contributed by atoms with E-state index in [1.165, 1.54) is 31.3 Å². The van der Waals surface area contributed by atoms with Crippen molar-refractivity contribution >= 4 is 21.9 Å². The van der Waals surface area contributed by atoms with Gasteiger partial charge in [0, 0.05) is 39.5 Å². The Balaban J connectivity index is 1.73. The molecule has 12 heteroatoms. The first-order chi connectivity index (χ1) is 18.6.